The summed E-state index contributed by atoms with van der Waals surface area (Å²) in [5, 5.41) is 6.17. The highest BCUT2D eigenvalue weighted by atomic mass is 32.2. The van der Waals surface area contributed by atoms with E-state index in [2.05, 4.69) is 15.8 Å². The number of benzene rings is 1. The van der Waals surface area contributed by atoms with Gasteiger partial charge in [-0.3, -0.25) is 18.6 Å². The molecule has 2 N–H and O–H groups in total. The van der Waals surface area contributed by atoms with Crippen LogP contribution in [0, 0.1) is 12.8 Å². The SMILES string of the molecule is CNS(=O)(=O)c1cc(-c2c3c(=O)n(C)c(=O)n(CC4CC4)c3nn2Cc2c[nH]c3ccc(C)cc23)n(C)c1. The van der Waals surface area contributed by atoms with Gasteiger partial charge < -0.3 is 9.55 Å². The Kier molecular flexibility index (Phi) is 5.51. The lowest BCUT2D eigenvalue weighted by Gasteiger charge is -2.09. The maximum atomic E-state index is 13.6. The fourth-order valence-corrected chi connectivity index (χ4v) is 5.88. The van der Waals surface area contributed by atoms with E-state index in [1.165, 1.54) is 26.4 Å². The van der Waals surface area contributed by atoms with Gasteiger partial charge in [0.2, 0.25) is 10.0 Å². The molecular weight excluding hydrogens is 506 g/mol. The number of rotatable bonds is 7. The molecule has 0 atom stereocenters. The highest BCUT2D eigenvalue weighted by Crippen LogP contribution is 2.33. The van der Waals surface area contributed by atoms with Crippen molar-refractivity contribution in [1.82, 2.24) is 33.2 Å². The Labute approximate surface area is 218 Å². The molecule has 0 bridgehead atoms. The summed E-state index contributed by atoms with van der Waals surface area (Å²) in [6, 6.07) is 7.67. The first-order chi connectivity index (χ1) is 18.1. The highest BCUT2D eigenvalue weighted by Gasteiger charge is 2.29. The standard InChI is InChI=1S/C26H29N7O4S/c1-15-5-8-20-19(9-15)17(11-28-20)13-33-23(21-10-18(14-30(21)3)38(36,37)27-2)22-24(29-33)32(12-16-6-7-16)26(35)31(4)25(22)34/h5,8-11,14,16,27-28H,6-7,12-13H2,1-4H3. The van der Waals surface area contributed by atoms with Gasteiger partial charge in [0.1, 0.15) is 16.0 Å². The molecule has 1 fully saturated rings. The van der Waals surface area contributed by atoms with Crippen LogP contribution in [0.15, 0.2) is 51.1 Å². The van der Waals surface area contributed by atoms with Gasteiger partial charge in [-0.05, 0) is 56.5 Å². The van der Waals surface area contributed by atoms with Crippen LogP contribution in [0.5, 0.6) is 0 Å². The van der Waals surface area contributed by atoms with Gasteiger partial charge in [-0.25, -0.2) is 17.9 Å². The summed E-state index contributed by atoms with van der Waals surface area (Å²) in [4.78, 5) is 30.1. The van der Waals surface area contributed by atoms with Crippen molar-refractivity contribution in [2.24, 2.45) is 20.0 Å². The van der Waals surface area contributed by atoms with Crippen LogP contribution in [0.3, 0.4) is 0 Å². The Bertz CT molecular complexity index is 1970. The van der Waals surface area contributed by atoms with E-state index in [1.54, 1.807) is 20.9 Å². The van der Waals surface area contributed by atoms with Crippen LogP contribution in [-0.2, 0) is 37.2 Å². The Morgan fingerprint density at radius 2 is 1.92 bits per heavy atom. The number of sulfonamides is 1. The second-order valence-electron chi connectivity index (χ2n) is 10.1. The quantitative estimate of drug-likeness (QED) is 0.330. The highest BCUT2D eigenvalue weighted by molar-refractivity contribution is 7.89. The fourth-order valence-electron chi connectivity index (χ4n) is 5.08. The molecule has 4 aromatic heterocycles. The van der Waals surface area contributed by atoms with Gasteiger partial charge in [-0.2, -0.15) is 5.10 Å². The minimum absolute atomic E-state index is 0.0734. The van der Waals surface area contributed by atoms with E-state index >= 15 is 0 Å². The summed E-state index contributed by atoms with van der Waals surface area (Å²) in [5.74, 6) is 0.376. The summed E-state index contributed by atoms with van der Waals surface area (Å²) >= 11 is 0. The molecule has 0 unspecified atom stereocenters. The molecule has 0 amide bonds. The molecule has 0 saturated heterocycles. The van der Waals surface area contributed by atoms with Crippen molar-refractivity contribution in [1.29, 1.82) is 0 Å². The second-order valence-corrected chi connectivity index (χ2v) is 12.0. The van der Waals surface area contributed by atoms with Crippen LogP contribution >= 0.6 is 0 Å². The third-order valence-corrected chi connectivity index (χ3v) is 8.79. The number of hydrogen-bond donors (Lipinski definition) is 2. The number of aromatic nitrogens is 6. The van der Waals surface area contributed by atoms with Gasteiger partial charge in [0.25, 0.3) is 5.56 Å². The number of aryl methyl sites for hydroxylation is 2. The van der Waals surface area contributed by atoms with E-state index in [0.29, 0.717) is 41.4 Å². The molecule has 6 rings (SSSR count). The molecule has 0 radical (unpaired) electrons. The van der Waals surface area contributed by atoms with E-state index in [1.807, 2.05) is 25.3 Å². The zero-order valence-corrected chi connectivity index (χ0v) is 22.5. The van der Waals surface area contributed by atoms with Crippen molar-refractivity contribution in [2.45, 2.75) is 37.8 Å². The summed E-state index contributed by atoms with van der Waals surface area (Å²) in [6.07, 6.45) is 5.48. The van der Waals surface area contributed by atoms with E-state index in [9.17, 15) is 18.0 Å². The molecule has 12 heteroatoms. The number of fused-ring (bicyclic) bond motifs is 2. The van der Waals surface area contributed by atoms with Crippen LogP contribution < -0.4 is 16.0 Å². The Hall–Kier alpha value is -3.90. The van der Waals surface area contributed by atoms with Crippen LogP contribution in [0.2, 0.25) is 0 Å². The Morgan fingerprint density at radius 3 is 2.63 bits per heavy atom. The van der Waals surface area contributed by atoms with Gasteiger partial charge in [0.15, 0.2) is 5.65 Å². The van der Waals surface area contributed by atoms with Gasteiger partial charge in [-0.1, -0.05) is 11.6 Å². The second kappa shape index (κ2) is 8.57. The predicted molar refractivity (Wildman–Crippen MR) is 145 cm³/mol. The molecule has 198 valence electrons. The lowest BCUT2D eigenvalue weighted by Crippen LogP contribution is -2.38. The zero-order valence-electron chi connectivity index (χ0n) is 21.6. The summed E-state index contributed by atoms with van der Waals surface area (Å²) in [5.41, 5.74) is 3.47. The van der Waals surface area contributed by atoms with Crippen molar-refractivity contribution in [3.63, 3.8) is 0 Å². The molecule has 4 heterocycles. The minimum atomic E-state index is -3.73. The van der Waals surface area contributed by atoms with E-state index in [-0.39, 0.29) is 4.90 Å². The Balaban J connectivity index is 1.66. The first-order valence-electron chi connectivity index (χ1n) is 12.5. The number of aromatic amines is 1. The van der Waals surface area contributed by atoms with E-state index < -0.39 is 21.3 Å². The largest absolute Gasteiger partial charge is 0.361 e. The van der Waals surface area contributed by atoms with Crippen LogP contribution in [0.4, 0.5) is 0 Å². The molecule has 11 nitrogen and oxygen atoms in total. The van der Waals surface area contributed by atoms with Crippen molar-refractivity contribution in [3.05, 3.63) is 68.6 Å². The summed E-state index contributed by atoms with van der Waals surface area (Å²) in [7, 11) is 0.829. The third-order valence-electron chi connectivity index (χ3n) is 7.41. The number of H-pyrrole nitrogens is 1. The number of nitrogens with one attached hydrogen (secondary N) is 2. The monoisotopic (exact) mass is 535 g/mol. The Morgan fingerprint density at radius 1 is 1.16 bits per heavy atom. The molecule has 1 aliphatic carbocycles. The van der Waals surface area contributed by atoms with E-state index in [0.717, 1.165) is 39.4 Å². The van der Waals surface area contributed by atoms with Gasteiger partial charge in [0.05, 0.1) is 12.2 Å². The summed E-state index contributed by atoms with van der Waals surface area (Å²) in [6.45, 7) is 2.82. The first kappa shape index (κ1) is 24.4. The molecule has 38 heavy (non-hydrogen) atoms. The van der Waals surface area contributed by atoms with Crippen LogP contribution in [0.1, 0.15) is 24.0 Å². The predicted octanol–water partition coefficient (Wildman–Crippen LogP) is 2.06. The lowest BCUT2D eigenvalue weighted by molar-refractivity contribution is 0.572. The molecule has 1 saturated carbocycles. The van der Waals surface area contributed by atoms with Crippen LogP contribution in [-0.4, -0.2) is 43.9 Å². The first-order valence-corrected chi connectivity index (χ1v) is 13.9. The van der Waals surface area contributed by atoms with Crippen molar-refractivity contribution in [3.8, 4) is 11.4 Å². The minimum Gasteiger partial charge on any atom is -0.361 e. The molecule has 5 aromatic rings. The number of nitrogens with zero attached hydrogens (tertiary/aromatic N) is 5. The molecule has 1 aromatic carbocycles. The molecule has 1 aliphatic rings. The third kappa shape index (κ3) is 3.82. The summed E-state index contributed by atoms with van der Waals surface area (Å²) < 4.78 is 33.6. The molecule has 0 aliphatic heterocycles. The number of hydrogen-bond acceptors (Lipinski definition) is 5. The maximum absolute atomic E-state index is 13.6. The van der Waals surface area contributed by atoms with Gasteiger partial charge in [0, 0.05) is 43.9 Å². The average Bonchev–Trinajstić information content (AvgIpc) is 3.33. The normalized spacial score (nSPS) is 14.2. The van der Waals surface area contributed by atoms with Crippen molar-refractivity contribution in [2.75, 3.05) is 7.05 Å². The van der Waals surface area contributed by atoms with E-state index in [4.69, 9.17) is 5.10 Å². The van der Waals surface area contributed by atoms with Crippen LogP contribution in [0.25, 0.3) is 33.3 Å². The lowest BCUT2D eigenvalue weighted by atomic mass is 10.1. The van der Waals surface area contributed by atoms with Gasteiger partial charge >= 0.3 is 5.69 Å². The average molecular weight is 536 g/mol. The zero-order chi connectivity index (χ0) is 26.9. The topological polar surface area (TPSA) is 129 Å². The van der Waals surface area contributed by atoms with Crippen molar-refractivity contribution >= 4 is 32.0 Å². The molecular formula is C26H29N7O4S. The smallest absolute Gasteiger partial charge is 0.332 e. The fraction of sp³-hybridized carbons (Fsp3) is 0.346. The molecule has 0 spiro atoms. The maximum Gasteiger partial charge on any atom is 0.332 e. The van der Waals surface area contributed by atoms with Crippen molar-refractivity contribution < 1.29 is 8.42 Å². The van der Waals surface area contributed by atoms with Gasteiger partial charge in [-0.15, -0.1) is 0 Å².